The molecule has 0 aliphatic carbocycles. The number of rotatable bonds is 3. The predicted molar refractivity (Wildman–Crippen MR) is 114 cm³/mol. The first-order valence-corrected chi connectivity index (χ1v) is 8.38. The Kier molecular flexibility index (Phi) is 21.7. The van der Waals surface area contributed by atoms with Crippen LogP contribution in [0.25, 0.3) is 0 Å². The predicted octanol–water partition coefficient (Wildman–Crippen LogP) is 5.19. The second-order valence-electron chi connectivity index (χ2n) is 6.50. The molecule has 1 aliphatic heterocycles. The van der Waals surface area contributed by atoms with Crippen LogP contribution in [0, 0.1) is 11.3 Å². The van der Waals surface area contributed by atoms with Gasteiger partial charge in [-0.25, -0.2) is 0 Å². The summed E-state index contributed by atoms with van der Waals surface area (Å²) >= 11 is 0. The molecule has 1 amide bonds. The molecule has 2 rings (SSSR count). The van der Waals surface area contributed by atoms with E-state index in [1.54, 1.807) is 7.05 Å². The molecule has 0 spiro atoms. The Morgan fingerprint density at radius 1 is 1.22 bits per heavy atom. The minimum absolute atomic E-state index is 0. The maximum atomic E-state index is 11.4. The molecule has 1 unspecified atom stereocenters. The normalized spacial score (nSPS) is 15.0. The van der Waals surface area contributed by atoms with E-state index in [1.165, 1.54) is 5.56 Å². The van der Waals surface area contributed by atoms with E-state index in [1.807, 2.05) is 24.3 Å². The number of likely N-dealkylation sites (N-methyl/N-ethyl adjacent to an activating group) is 1. The van der Waals surface area contributed by atoms with E-state index in [4.69, 9.17) is 5.26 Å². The number of nitrogens with zero attached hydrogens (tertiary/aromatic N) is 2. The van der Waals surface area contributed by atoms with E-state index < -0.39 is 0 Å². The van der Waals surface area contributed by atoms with Gasteiger partial charge in [-0.2, -0.15) is 5.26 Å². The standard InChI is InChI=1S/C10H11N.C9H18N2O.3CH4.Y/c1-8(2)10-5-3-4-9(6-10)7-11;1-7(2)11-6-4-5-8(11)9(12)10-3;;;;/h3-6,8H,1-2H3;7-8H,4-6H2,1-3H3,(H,10,12);3*1H4;. The third-order valence-corrected chi connectivity index (χ3v) is 4.19. The number of hydrogen-bond donors (Lipinski definition) is 1. The smallest absolute Gasteiger partial charge is 0.237 e. The molecule has 5 heteroatoms. The Morgan fingerprint density at radius 2 is 1.81 bits per heavy atom. The van der Waals surface area contributed by atoms with Crippen LogP contribution in [0.1, 0.15) is 79.9 Å². The van der Waals surface area contributed by atoms with Crippen LogP contribution in [0.3, 0.4) is 0 Å². The van der Waals surface area contributed by atoms with Gasteiger partial charge in [0.25, 0.3) is 0 Å². The molecule has 1 heterocycles. The van der Waals surface area contributed by atoms with Crippen LogP contribution < -0.4 is 5.32 Å². The summed E-state index contributed by atoms with van der Waals surface area (Å²) in [7, 11) is 1.71. The molecule has 1 fully saturated rings. The van der Waals surface area contributed by atoms with E-state index >= 15 is 0 Å². The van der Waals surface area contributed by atoms with Gasteiger partial charge >= 0.3 is 0 Å². The molecule has 27 heavy (non-hydrogen) atoms. The summed E-state index contributed by atoms with van der Waals surface area (Å²) in [6, 6.07) is 10.5. The van der Waals surface area contributed by atoms with Crippen LogP contribution in [-0.2, 0) is 37.5 Å². The number of carbonyl (C=O) groups excluding carboxylic acids is 1. The van der Waals surface area contributed by atoms with Crippen molar-refractivity contribution in [2.24, 2.45) is 0 Å². The average molecular weight is 452 g/mol. The van der Waals surface area contributed by atoms with Crippen LogP contribution in [-0.4, -0.2) is 36.5 Å². The molecule has 0 aromatic heterocycles. The van der Waals surface area contributed by atoms with Gasteiger partial charge in [-0.1, -0.05) is 48.3 Å². The molecule has 1 aliphatic rings. The molecule has 1 saturated heterocycles. The number of nitrogens with one attached hydrogen (secondary N) is 1. The monoisotopic (exact) mass is 452 g/mol. The van der Waals surface area contributed by atoms with Crippen molar-refractivity contribution in [1.29, 1.82) is 5.26 Å². The third-order valence-electron chi connectivity index (χ3n) is 4.19. The minimum Gasteiger partial charge on any atom is -0.358 e. The molecule has 1 radical (unpaired) electrons. The summed E-state index contributed by atoms with van der Waals surface area (Å²) in [6.45, 7) is 9.59. The van der Waals surface area contributed by atoms with Crippen molar-refractivity contribution in [2.75, 3.05) is 13.6 Å². The number of amides is 1. The molecule has 0 bridgehead atoms. The fraction of sp³-hybridized carbons (Fsp3) is 0.636. The van der Waals surface area contributed by atoms with Crippen LogP contribution >= 0.6 is 0 Å². The first-order valence-electron chi connectivity index (χ1n) is 8.38. The Balaban J connectivity index is -0.000000171. The van der Waals surface area contributed by atoms with Gasteiger partial charge < -0.3 is 5.32 Å². The van der Waals surface area contributed by atoms with E-state index in [-0.39, 0.29) is 66.9 Å². The van der Waals surface area contributed by atoms with Crippen LogP contribution in [0.5, 0.6) is 0 Å². The molecule has 1 aromatic carbocycles. The minimum atomic E-state index is 0. The van der Waals surface area contributed by atoms with E-state index in [0.29, 0.717) is 12.0 Å². The zero-order valence-corrected chi connectivity index (χ0v) is 18.4. The summed E-state index contributed by atoms with van der Waals surface area (Å²) < 4.78 is 0. The van der Waals surface area contributed by atoms with Crippen molar-refractivity contribution in [2.45, 2.75) is 80.8 Å². The zero-order chi connectivity index (χ0) is 17.4. The van der Waals surface area contributed by atoms with Crippen molar-refractivity contribution in [3.8, 4) is 6.07 Å². The molecule has 1 atom stereocenters. The van der Waals surface area contributed by atoms with Gasteiger partial charge in [0.2, 0.25) is 5.91 Å². The van der Waals surface area contributed by atoms with Gasteiger partial charge in [0.05, 0.1) is 17.7 Å². The Morgan fingerprint density at radius 3 is 2.26 bits per heavy atom. The number of hydrogen-bond acceptors (Lipinski definition) is 3. The number of benzene rings is 1. The van der Waals surface area contributed by atoms with E-state index in [9.17, 15) is 4.79 Å². The van der Waals surface area contributed by atoms with Gasteiger partial charge in [0, 0.05) is 45.8 Å². The van der Waals surface area contributed by atoms with Crippen LogP contribution in [0.4, 0.5) is 0 Å². The maximum absolute atomic E-state index is 11.4. The Labute approximate surface area is 194 Å². The summed E-state index contributed by atoms with van der Waals surface area (Å²) in [5, 5.41) is 11.3. The number of likely N-dealkylation sites (tertiary alicyclic amines) is 1. The van der Waals surface area contributed by atoms with Crippen molar-refractivity contribution >= 4 is 5.91 Å². The molecular weight excluding hydrogens is 411 g/mol. The Hall–Kier alpha value is -0.756. The third kappa shape index (κ3) is 11.0. The van der Waals surface area contributed by atoms with Crippen molar-refractivity contribution in [1.82, 2.24) is 10.2 Å². The molecular formula is C22H41N3OY. The quantitative estimate of drug-likeness (QED) is 0.687. The summed E-state index contributed by atoms with van der Waals surface area (Å²) in [5.74, 6) is 0.671. The summed E-state index contributed by atoms with van der Waals surface area (Å²) in [5.41, 5.74) is 1.97. The molecule has 0 saturated carbocycles. The average Bonchev–Trinajstić information content (AvgIpc) is 3.04. The second kappa shape index (κ2) is 17.3. The van der Waals surface area contributed by atoms with Crippen LogP contribution in [0.2, 0.25) is 0 Å². The molecule has 1 aromatic rings. The SMILES string of the molecule is C.C.C.CC(C)c1cccc(C#N)c1.CNC(=O)C1CCCN1C(C)C.[Y]. The van der Waals surface area contributed by atoms with Crippen molar-refractivity contribution in [3.63, 3.8) is 0 Å². The van der Waals surface area contributed by atoms with Crippen molar-refractivity contribution in [3.05, 3.63) is 35.4 Å². The van der Waals surface area contributed by atoms with Gasteiger partial charge in [-0.15, -0.1) is 0 Å². The van der Waals surface area contributed by atoms with E-state index in [0.717, 1.165) is 24.9 Å². The first kappa shape index (κ1) is 33.8. The number of nitriles is 1. The van der Waals surface area contributed by atoms with Gasteiger partial charge in [-0.05, 0) is 56.8 Å². The maximum Gasteiger partial charge on any atom is 0.237 e. The fourth-order valence-corrected chi connectivity index (χ4v) is 2.82. The van der Waals surface area contributed by atoms with Crippen molar-refractivity contribution < 1.29 is 37.5 Å². The summed E-state index contributed by atoms with van der Waals surface area (Å²) in [6.07, 6.45) is 2.16. The van der Waals surface area contributed by atoms with Gasteiger partial charge in [-0.3, -0.25) is 9.69 Å². The summed E-state index contributed by atoms with van der Waals surface area (Å²) in [4.78, 5) is 13.6. The first-order chi connectivity index (χ1) is 10.9. The Bertz CT molecular complexity index is 553. The van der Waals surface area contributed by atoms with Gasteiger partial charge in [0.15, 0.2) is 0 Å². The second-order valence-corrected chi connectivity index (χ2v) is 6.50. The largest absolute Gasteiger partial charge is 0.358 e. The number of carbonyl (C=O) groups is 1. The zero-order valence-electron chi connectivity index (χ0n) is 15.5. The molecule has 4 nitrogen and oxygen atoms in total. The van der Waals surface area contributed by atoms with Gasteiger partial charge in [0.1, 0.15) is 0 Å². The van der Waals surface area contributed by atoms with E-state index in [2.05, 4.69) is 44.0 Å². The van der Waals surface area contributed by atoms with Crippen LogP contribution in [0.15, 0.2) is 24.3 Å². The fourth-order valence-electron chi connectivity index (χ4n) is 2.82. The topological polar surface area (TPSA) is 56.1 Å². The molecule has 153 valence electrons. The molecule has 1 N–H and O–H groups in total.